The molecule has 3 N–H and O–H groups in total. The number of carbonyl (C=O) groups excluding carboxylic acids is 1. The number of amides is 1. The molecule has 4 rings (SSSR count). The fourth-order valence-electron chi connectivity index (χ4n) is 3.81. The smallest absolute Gasteiger partial charge is 0.251 e. The Bertz CT molecular complexity index is 1080. The summed E-state index contributed by atoms with van der Waals surface area (Å²) >= 11 is 6.11. The molecule has 5 heteroatoms. The average molecular weight is 420 g/mol. The molecule has 1 aromatic heterocycles. The van der Waals surface area contributed by atoms with E-state index in [0.717, 1.165) is 40.2 Å². The fourth-order valence-corrected chi connectivity index (χ4v) is 4.00. The molecule has 1 amide bonds. The van der Waals surface area contributed by atoms with Crippen LogP contribution in [0.15, 0.2) is 54.9 Å². The van der Waals surface area contributed by atoms with E-state index in [0.29, 0.717) is 23.7 Å². The lowest BCUT2D eigenvalue weighted by Gasteiger charge is -2.13. The van der Waals surface area contributed by atoms with Crippen molar-refractivity contribution in [2.24, 2.45) is 11.7 Å². The first-order valence-corrected chi connectivity index (χ1v) is 10.7. The van der Waals surface area contributed by atoms with Gasteiger partial charge in [-0.1, -0.05) is 23.7 Å². The molecule has 1 heterocycles. The maximum Gasteiger partial charge on any atom is 0.251 e. The lowest BCUT2D eigenvalue weighted by Crippen LogP contribution is -2.24. The predicted molar refractivity (Wildman–Crippen MR) is 121 cm³/mol. The van der Waals surface area contributed by atoms with Crippen LogP contribution in [0, 0.1) is 12.8 Å². The van der Waals surface area contributed by atoms with E-state index in [4.69, 9.17) is 17.3 Å². The van der Waals surface area contributed by atoms with Gasteiger partial charge in [-0.3, -0.25) is 9.78 Å². The van der Waals surface area contributed by atoms with Crippen molar-refractivity contribution in [1.82, 2.24) is 10.3 Å². The summed E-state index contributed by atoms with van der Waals surface area (Å²) in [6, 6.07) is 13.6. The molecular weight excluding hydrogens is 394 g/mol. The second-order valence-corrected chi connectivity index (χ2v) is 8.50. The van der Waals surface area contributed by atoms with E-state index in [1.54, 1.807) is 0 Å². The van der Waals surface area contributed by atoms with Crippen molar-refractivity contribution >= 4 is 17.5 Å². The molecular formula is C25H26ClN3O. The van der Waals surface area contributed by atoms with Crippen LogP contribution in [-0.4, -0.2) is 10.9 Å². The number of aromatic nitrogens is 1. The summed E-state index contributed by atoms with van der Waals surface area (Å²) in [6.45, 7) is 2.81. The van der Waals surface area contributed by atoms with Crippen LogP contribution in [-0.2, 0) is 19.5 Å². The van der Waals surface area contributed by atoms with E-state index >= 15 is 0 Å². The highest BCUT2D eigenvalue weighted by Gasteiger charge is 2.23. The highest BCUT2D eigenvalue weighted by atomic mass is 35.5. The normalized spacial score (nSPS) is 13.3. The van der Waals surface area contributed by atoms with Gasteiger partial charge in [-0.25, -0.2) is 0 Å². The lowest BCUT2D eigenvalue weighted by molar-refractivity contribution is 0.0951. The van der Waals surface area contributed by atoms with Crippen molar-refractivity contribution in [2.45, 2.75) is 39.3 Å². The fraction of sp³-hybridized carbons (Fsp3) is 0.280. The quantitative estimate of drug-likeness (QED) is 0.563. The number of carbonyl (C=O) groups is 1. The zero-order chi connectivity index (χ0) is 21.1. The van der Waals surface area contributed by atoms with Crippen LogP contribution >= 0.6 is 11.6 Å². The Morgan fingerprint density at radius 3 is 2.73 bits per heavy atom. The largest absolute Gasteiger partial charge is 0.348 e. The number of benzene rings is 2. The van der Waals surface area contributed by atoms with Gasteiger partial charge in [0.15, 0.2) is 0 Å². The molecule has 30 heavy (non-hydrogen) atoms. The van der Waals surface area contributed by atoms with Crippen molar-refractivity contribution in [2.75, 3.05) is 0 Å². The molecule has 0 saturated heterocycles. The standard InChI is InChI=1S/C25H26ClN3O/c1-16-8-19(24-6-7-28-14-22(24)10-17-2-3-17)11-20(9-16)25(30)29-15-21-12-23(26)5-4-18(21)13-27/h4-9,11-12,14,17H,2-3,10,13,15,27H2,1H3,(H,29,30). The van der Waals surface area contributed by atoms with Crippen LogP contribution in [0.3, 0.4) is 0 Å². The van der Waals surface area contributed by atoms with Gasteiger partial charge in [0, 0.05) is 36.1 Å². The van der Waals surface area contributed by atoms with Crippen molar-refractivity contribution in [3.8, 4) is 11.1 Å². The molecule has 1 aliphatic carbocycles. The van der Waals surface area contributed by atoms with Crippen molar-refractivity contribution < 1.29 is 4.79 Å². The van der Waals surface area contributed by atoms with Crippen molar-refractivity contribution in [1.29, 1.82) is 0 Å². The molecule has 0 bridgehead atoms. The van der Waals surface area contributed by atoms with E-state index < -0.39 is 0 Å². The van der Waals surface area contributed by atoms with E-state index in [1.807, 2.05) is 55.7 Å². The molecule has 1 aliphatic rings. The highest BCUT2D eigenvalue weighted by Crippen LogP contribution is 2.35. The Morgan fingerprint density at radius 2 is 1.97 bits per heavy atom. The molecule has 154 valence electrons. The average Bonchev–Trinajstić information content (AvgIpc) is 3.56. The van der Waals surface area contributed by atoms with Gasteiger partial charge < -0.3 is 11.1 Å². The molecule has 0 atom stereocenters. The Balaban J connectivity index is 1.56. The Morgan fingerprint density at radius 1 is 1.13 bits per heavy atom. The summed E-state index contributed by atoms with van der Waals surface area (Å²) in [4.78, 5) is 17.2. The number of rotatable bonds is 7. The maximum absolute atomic E-state index is 12.9. The maximum atomic E-state index is 12.9. The summed E-state index contributed by atoms with van der Waals surface area (Å²) in [5, 5.41) is 3.65. The van der Waals surface area contributed by atoms with Gasteiger partial charge in [-0.15, -0.1) is 0 Å². The summed E-state index contributed by atoms with van der Waals surface area (Å²) in [5.74, 6) is 0.663. The molecule has 0 unspecified atom stereocenters. The zero-order valence-corrected chi connectivity index (χ0v) is 17.9. The molecule has 1 saturated carbocycles. The van der Waals surface area contributed by atoms with Gasteiger partial charge in [0.1, 0.15) is 0 Å². The van der Waals surface area contributed by atoms with Gasteiger partial charge in [0.05, 0.1) is 0 Å². The molecule has 0 spiro atoms. The zero-order valence-electron chi connectivity index (χ0n) is 17.1. The first-order chi connectivity index (χ1) is 14.5. The lowest BCUT2D eigenvalue weighted by atomic mass is 9.95. The molecule has 0 radical (unpaired) electrons. The van der Waals surface area contributed by atoms with Crippen molar-refractivity contribution in [3.05, 3.63) is 87.7 Å². The first-order valence-electron chi connectivity index (χ1n) is 10.3. The Hall–Kier alpha value is -2.69. The third-order valence-corrected chi connectivity index (χ3v) is 5.82. The number of nitrogens with zero attached hydrogens (tertiary/aromatic N) is 1. The van der Waals surface area contributed by atoms with E-state index in [-0.39, 0.29) is 5.91 Å². The summed E-state index contributed by atoms with van der Waals surface area (Å²) < 4.78 is 0. The minimum atomic E-state index is -0.110. The minimum absolute atomic E-state index is 0.110. The molecule has 3 aromatic rings. The van der Waals surface area contributed by atoms with Crippen LogP contribution in [0.5, 0.6) is 0 Å². The van der Waals surface area contributed by atoms with E-state index in [2.05, 4.69) is 16.4 Å². The Kier molecular flexibility index (Phi) is 6.16. The predicted octanol–water partition coefficient (Wildman–Crippen LogP) is 5.05. The number of nitrogens with two attached hydrogens (primary N) is 1. The van der Waals surface area contributed by atoms with Gasteiger partial charge in [0.25, 0.3) is 5.91 Å². The second-order valence-electron chi connectivity index (χ2n) is 8.07. The number of hydrogen-bond acceptors (Lipinski definition) is 3. The number of aryl methyl sites for hydroxylation is 1. The van der Waals surface area contributed by atoms with Crippen molar-refractivity contribution in [3.63, 3.8) is 0 Å². The van der Waals surface area contributed by atoms with Gasteiger partial charge in [0.2, 0.25) is 0 Å². The second kappa shape index (κ2) is 8.99. The first kappa shape index (κ1) is 20.6. The van der Waals surface area contributed by atoms with E-state index in [9.17, 15) is 4.79 Å². The van der Waals surface area contributed by atoms with Gasteiger partial charge >= 0.3 is 0 Å². The number of hydrogen-bond donors (Lipinski definition) is 2. The van der Waals surface area contributed by atoms with Gasteiger partial charge in [-0.2, -0.15) is 0 Å². The number of nitrogens with one attached hydrogen (secondary N) is 1. The third kappa shape index (κ3) is 4.89. The van der Waals surface area contributed by atoms with Crippen LogP contribution in [0.4, 0.5) is 0 Å². The number of pyridine rings is 1. The van der Waals surface area contributed by atoms with E-state index in [1.165, 1.54) is 18.4 Å². The third-order valence-electron chi connectivity index (χ3n) is 5.59. The minimum Gasteiger partial charge on any atom is -0.348 e. The molecule has 0 aliphatic heterocycles. The number of halogens is 1. The van der Waals surface area contributed by atoms with Crippen LogP contribution in [0.25, 0.3) is 11.1 Å². The Labute approximate surface area is 182 Å². The van der Waals surface area contributed by atoms with Gasteiger partial charge in [-0.05, 0) is 95.8 Å². The molecule has 2 aromatic carbocycles. The topological polar surface area (TPSA) is 68.0 Å². The molecule has 1 fully saturated rings. The van der Waals surface area contributed by atoms with Crippen LogP contribution in [0.1, 0.15) is 45.5 Å². The summed E-state index contributed by atoms with van der Waals surface area (Å²) in [6.07, 6.45) is 7.42. The molecule has 4 nitrogen and oxygen atoms in total. The highest BCUT2D eigenvalue weighted by molar-refractivity contribution is 6.30. The monoisotopic (exact) mass is 419 g/mol. The SMILES string of the molecule is Cc1cc(C(=O)NCc2cc(Cl)ccc2CN)cc(-c2ccncc2CC2CC2)c1. The van der Waals surface area contributed by atoms with Crippen LogP contribution < -0.4 is 11.1 Å². The summed E-state index contributed by atoms with van der Waals surface area (Å²) in [7, 11) is 0. The summed E-state index contributed by atoms with van der Waals surface area (Å²) in [5.41, 5.74) is 12.9. The van der Waals surface area contributed by atoms with Crippen LogP contribution in [0.2, 0.25) is 5.02 Å².